The van der Waals surface area contributed by atoms with Crippen molar-refractivity contribution in [1.29, 1.82) is 0 Å². The molecular formula is C53H75LiO11Si2. The van der Waals surface area contributed by atoms with E-state index in [1.807, 2.05) is 79.7 Å². The molecule has 362 valence electrons. The van der Waals surface area contributed by atoms with Gasteiger partial charge in [0.15, 0.2) is 0 Å². The Kier molecular flexibility index (Phi) is 22.9. The fraction of sp³-hybridized carbons (Fsp3) is 0.472. The van der Waals surface area contributed by atoms with Gasteiger partial charge in [0.05, 0.1) is 44.0 Å². The number of carboxylic acids is 1. The summed E-state index contributed by atoms with van der Waals surface area (Å²) in [6.45, 7) is 27.2. The summed E-state index contributed by atoms with van der Waals surface area (Å²) in [6.07, 6.45) is -1.63. The summed E-state index contributed by atoms with van der Waals surface area (Å²) in [6, 6.07) is 40.5. The maximum atomic E-state index is 12.8. The van der Waals surface area contributed by atoms with E-state index in [-0.39, 0.29) is 47.3 Å². The molecule has 0 saturated heterocycles. The van der Waals surface area contributed by atoms with Crippen LogP contribution in [-0.4, -0.2) is 81.6 Å². The van der Waals surface area contributed by atoms with Gasteiger partial charge in [0.2, 0.25) is 0 Å². The summed E-state index contributed by atoms with van der Waals surface area (Å²) in [7, 11) is -4.49. The zero-order valence-corrected chi connectivity index (χ0v) is 44.8. The van der Waals surface area contributed by atoms with Crippen molar-refractivity contribution in [1.82, 2.24) is 0 Å². The van der Waals surface area contributed by atoms with Crippen LogP contribution in [0.5, 0.6) is 0 Å². The molecule has 4 aromatic rings. The maximum absolute atomic E-state index is 12.8. The maximum Gasteiger partial charge on any atom is 1.00 e. The fourth-order valence-electron chi connectivity index (χ4n) is 8.28. The number of carbonyl (C=O) groups is 4. The van der Waals surface area contributed by atoms with Crippen molar-refractivity contribution in [2.75, 3.05) is 7.11 Å². The van der Waals surface area contributed by atoms with Crippen molar-refractivity contribution in [3.63, 3.8) is 0 Å². The molecule has 11 nitrogen and oxygen atoms in total. The molecule has 0 unspecified atom stereocenters. The predicted molar refractivity (Wildman–Crippen MR) is 266 cm³/mol. The average Bonchev–Trinajstić information content (AvgIpc) is 3.21. The van der Waals surface area contributed by atoms with Crippen LogP contribution in [0.4, 0.5) is 0 Å². The Hall–Kier alpha value is -4.33. The van der Waals surface area contributed by atoms with Gasteiger partial charge in [-0.3, -0.25) is 19.2 Å². The zero-order valence-electron chi connectivity index (χ0n) is 42.8. The van der Waals surface area contributed by atoms with E-state index in [2.05, 4.69) is 90.1 Å². The normalized spacial score (nSPS) is 14.0. The van der Waals surface area contributed by atoms with Crippen LogP contribution < -0.4 is 39.6 Å². The number of ether oxygens (including phenoxy) is 3. The summed E-state index contributed by atoms with van der Waals surface area (Å²) in [5.74, 6) is -4.34. The number of aliphatic carboxylic acids is 1. The minimum atomic E-state index is -2.93. The molecule has 0 bridgehead atoms. The first-order valence-electron chi connectivity index (χ1n) is 22.4. The number of esters is 3. The van der Waals surface area contributed by atoms with E-state index in [9.17, 15) is 24.3 Å². The van der Waals surface area contributed by atoms with Gasteiger partial charge in [-0.2, -0.15) is 0 Å². The van der Waals surface area contributed by atoms with Crippen molar-refractivity contribution in [3.05, 3.63) is 121 Å². The molecule has 14 heteroatoms. The molecule has 2 N–H and O–H groups in total. The number of rotatable bonds is 16. The molecule has 0 fully saturated rings. The van der Waals surface area contributed by atoms with Gasteiger partial charge in [-0.05, 0) is 86.2 Å². The summed E-state index contributed by atoms with van der Waals surface area (Å²) >= 11 is 0. The van der Waals surface area contributed by atoms with Crippen LogP contribution in [0, 0.1) is 11.8 Å². The minimum Gasteiger partial charge on any atom is -0.870 e. The van der Waals surface area contributed by atoms with Gasteiger partial charge in [-0.15, -0.1) is 0 Å². The molecule has 0 heterocycles. The standard InChI is InChI=1S/C27H38O5Si.C26H36O5Si.Li.H2O/c1-20(23(25(29)30-8)19-24(28)31-26(2,3)4)32-33(27(5,6)7,21-15-11-9-12-16-21)22-17-13-10-14-18-22;1-19(22(24(28)29)18-23(27)30-25(2,3)4)31-32(26(5,6)7,20-14-10-8-11-15-20)21-16-12-9-13-17-21;;/h9-18,20,23H,19H2,1-8H3;8-17,19,22H,18H2,1-7H3,(H,28,29);;1H2/q;;+1;/p-1/t20-,23+;19-,22+;;/m11../s1. The molecule has 0 spiro atoms. The molecular weight excluding hydrogens is 876 g/mol. The Morgan fingerprint density at radius 3 is 0.970 bits per heavy atom. The van der Waals surface area contributed by atoms with E-state index in [4.69, 9.17) is 23.1 Å². The van der Waals surface area contributed by atoms with Crippen molar-refractivity contribution in [2.24, 2.45) is 11.8 Å². The summed E-state index contributed by atoms with van der Waals surface area (Å²) in [4.78, 5) is 50.0. The van der Waals surface area contributed by atoms with Gasteiger partial charge in [0, 0.05) is 0 Å². The van der Waals surface area contributed by atoms with Crippen molar-refractivity contribution >= 4 is 61.3 Å². The molecule has 4 atom stereocenters. The van der Waals surface area contributed by atoms with E-state index < -0.39 is 75.8 Å². The number of benzene rings is 4. The largest absolute Gasteiger partial charge is 1.00 e. The number of carboxylic acid groups (broad SMARTS) is 1. The number of methoxy groups -OCH3 is 1. The molecule has 0 radical (unpaired) electrons. The van der Waals surface area contributed by atoms with Crippen LogP contribution in [0.1, 0.15) is 110 Å². The summed E-state index contributed by atoms with van der Waals surface area (Å²) < 4.78 is 29.8. The second-order valence-electron chi connectivity index (χ2n) is 20.6. The molecule has 4 rings (SSSR count). The monoisotopic (exact) mass is 951 g/mol. The fourth-order valence-corrected chi connectivity index (χ4v) is 17.7. The Balaban J connectivity index is 0.000000651. The van der Waals surface area contributed by atoms with Gasteiger partial charge in [-0.25, -0.2) is 0 Å². The molecule has 0 aliphatic rings. The van der Waals surface area contributed by atoms with Gasteiger partial charge in [-0.1, -0.05) is 163 Å². The van der Waals surface area contributed by atoms with E-state index in [1.165, 1.54) is 7.11 Å². The minimum absolute atomic E-state index is 0. The molecule has 0 aromatic heterocycles. The van der Waals surface area contributed by atoms with Crippen LogP contribution in [0.25, 0.3) is 0 Å². The first kappa shape index (κ1) is 60.7. The molecule has 0 aliphatic heterocycles. The van der Waals surface area contributed by atoms with Crippen molar-refractivity contribution in [3.8, 4) is 0 Å². The van der Waals surface area contributed by atoms with Crippen LogP contribution in [0.15, 0.2) is 121 Å². The second kappa shape index (κ2) is 25.3. The van der Waals surface area contributed by atoms with E-state index in [1.54, 1.807) is 48.5 Å². The molecule has 67 heavy (non-hydrogen) atoms. The van der Waals surface area contributed by atoms with E-state index >= 15 is 0 Å². The first-order valence-corrected chi connectivity index (χ1v) is 26.2. The van der Waals surface area contributed by atoms with Crippen LogP contribution in [0.2, 0.25) is 10.1 Å². The van der Waals surface area contributed by atoms with E-state index in [0.717, 1.165) is 20.7 Å². The van der Waals surface area contributed by atoms with Gasteiger partial charge in [0.1, 0.15) is 11.2 Å². The van der Waals surface area contributed by atoms with Gasteiger partial charge < -0.3 is 33.6 Å². The smallest absolute Gasteiger partial charge is 0.870 e. The molecule has 0 amide bonds. The molecule has 0 aliphatic carbocycles. The third kappa shape index (κ3) is 16.4. The quantitative estimate of drug-likeness (QED) is 0.0835. The SMILES string of the molecule is COC(=O)[C@@H](CC(=O)OC(C)(C)C)[C@@H](C)O[Si](c1ccccc1)(c1ccccc1)C(C)(C)C.C[C@@H](O[Si](c1ccccc1)(c1ccccc1)C(C)(C)C)[C@H](CC(=O)OC(C)(C)C)C(=O)O.[Li+].[OH-]. The number of carbonyl (C=O) groups excluding carboxylic acids is 3. The topological polar surface area (TPSA) is 165 Å². The summed E-state index contributed by atoms with van der Waals surface area (Å²) in [5, 5.41) is 13.8. The van der Waals surface area contributed by atoms with Crippen molar-refractivity contribution < 1.29 is 71.7 Å². The predicted octanol–water partition coefficient (Wildman–Crippen LogP) is 5.68. The zero-order chi connectivity index (χ0) is 49.0. The van der Waals surface area contributed by atoms with E-state index in [0.29, 0.717) is 0 Å². The molecule has 0 saturated carbocycles. The second-order valence-corrected chi connectivity index (χ2v) is 29.1. The van der Waals surface area contributed by atoms with Gasteiger partial charge >= 0.3 is 42.7 Å². The third-order valence-electron chi connectivity index (χ3n) is 11.1. The Bertz CT molecular complexity index is 2050. The Morgan fingerprint density at radius 1 is 0.493 bits per heavy atom. The van der Waals surface area contributed by atoms with Crippen LogP contribution >= 0.6 is 0 Å². The number of hydrogen-bond acceptors (Lipinski definition) is 10. The van der Waals surface area contributed by atoms with Crippen LogP contribution in [0.3, 0.4) is 0 Å². The third-order valence-corrected chi connectivity index (χ3v) is 21.4. The van der Waals surface area contributed by atoms with Crippen LogP contribution in [-0.2, 0) is 42.2 Å². The Labute approximate surface area is 414 Å². The summed E-state index contributed by atoms with van der Waals surface area (Å²) in [5.41, 5.74) is -1.32. The Morgan fingerprint density at radius 2 is 0.746 bits per heavy atom. The first-order chi connectivity index (χ1) is 30.1. The average molecular weight is 951 g/mol. The van der Waals surface area contributed by atoms with Crippen molar-refractivity contribution in [2.45, 2.75) is 143 Å². The molecule has 4 aromatic carbocycles. The number of hydrogen-bond donors (Lipinski definition) is 1. The van der Waals surface area contributed by atoms with Gasteiger partial charge in [0.25, 0.3) is 16.6 Å².